The Labute approximate surface area is 67.8 Å². The van der Waals surface area contributed by atoms with Gasteiger partial charge in [0.15, 0.2) is 0 Å². The highest BCUT2D eigenvalue weighted by Gasteiger charge is 2.17. The molecule has 0 aromatic carbocycles. The van der Waals surface area contributed by atoms with Gasteiger partial charge >= 0.3 is 17.1 Å². The first kappa shape index (κ1) is 8.16. The van der Waals surface area contributed by atoms with Crippen LogP contribution in [-0.4, -0.2) is 20.5 Å². The zero-order valence-corrected chi connectivity index (χ0v) is 6.36. The van der Waals surface area contributed by atoms with Crippen molar-refractivity contribution in [3.63, 3.8) is 0 Å². The molecule has 0 saturated heterocycles. The van der Waals surface area contributed by atoms with Gasteiger partial charge in [-0.3, -0.25) is 0 Å². The number of aromatic nitrogens is 2. The molecule has 5 heteroatoms. The van der Waals surface area contributed by atoms with E-state index in [2.05, 4.69) is 9.97 Å². The van der Waals surface area contributed by atoms with Crippen LogP contribution in [0.1, 0.15) is 5.56 Å². The van der Waals surface area contributed by atoms with E-state index in [9.17, 15) is 4.21 Å². The van der Waals surface area contributed by atoms with Crippen LogP contribution in [0.2, 0.25) is 0 Å². The Kier molecular flexibility index (Phi) is 3.00. The van der Waals surface area contributed by atoms with Gasteiger partial charge < -0.3 is 5.11 Å². The van der Waals surface area contributed by atoms with Crippen LogP contribution in [0.3, 0.4) is 0 Å². The van der Waals surface area contributed by atoms with Gasteiger partial charge in [0.2, 0.25) is 0 Å². The minimum absolute atomic E-state index is 0.114. The molecule has 0 spiro atoms. The first-order chi connectivity index (χ1) is 5.33. The molecule has 1 rings (SSSR count). The third-order valence-corrected chi connectivity index (χ3v) is 1.35. The summed E-state index contributed by atoms with van der Waals surface area (Å²) in [5.74, 6) is 0. The van der Waals surface area contributed by atoms with E-state index in [1.54, 1.807) is 0 Å². The lowest BCUT2D eigenvalue weighted by atomic mass is 10.2. The fourth-order valence-corrected chi connectivity index (χ4v) is 0.802. The largest absolute Gasteiger partial charge is 0.493 e. The predicted molar refractivity (Wildman–Crippen MR) is 39.5 cm³/mol. The Balaban J connectivity index is 2.57. The monoisotopic (exact) mass is 170 g/mol. The molecule has 1 aromatic heterocycles. The number of aliphatic hydroxyl groups excluding tert-OH is 1. The molecule has 0 saturated carbocycles. The van der Waals surface area contributed by atoms with E-state index in [1.165, 1.54) is 25.1 Å². The van der Waals surface area contributed by atoms with Crippen molar-refractivity contribution < 1.29 is 9.32 Å². The van der Waals surface area contributed by atoms with Crippen LogP contribution in [-0.2, 0) is 15.9 Å². The summed E-state index contributed by atoms with van der Waals surface area (Å²) < 4.78 is 10.0. The van der Waals surface area contributed by atoms with E-state index in [1.807, 2.05) is 0 Å². The Morgan fingerprint density at radius 1 is 1.55 bits per heavy atom. The highest BCUT2D eigenvalue weighted by atomic mass is 32.1. The highest BCUT2D eigenvalue weighted by Crippen LogP contribution is 2.00. The third kappa shape index (κ3) is 2.65. The molecule has 1 unspecified atom stereocenters. The van der Waals surface area contributed by atoms with Crippen molar-refractivity contribution in [1.82, 2.24) is 9.97 Å². The Morgan fingerprint density at radius 2 is 2.18 bits per heavy atom. The molecule has 0 bridgehead atoms. The molecule has 0 amide bonds. The maximum Gasteiger partial charge on any atom is 0.493 e. The number of nitrogens with zero attached hydrogens (tertiary/aromatic N) is 2. The third-order valence-electron chi connectivity index (χ3n) is 1.01. The molecule has 0 aliphatic rings. The number of hydrogen-bond acceptors (Lipinski definition) is 4. The zero-order valence-electron chi connectivity index (χ0n) is 5.54. The summed E-state index contributed by atoms with van der Waals surface area (Å²) in [6, 6.07) is 0. The molecule has 0 aliphatic heterocycles. The molecule has 0 fully saturated rings. The number of hydrogen-bond donors (Lipinski definition) is 1. The van der Waals surface area contributed by atoms with Gasteiger partial charge in [0.1, 0.15) is 6.33 Å². The van der Waals surface area contributed by atoms with Crippen LogP contribution in [0.15, 0.2) is 18.7 Å². The van der Waals surface area contributed by atoms with Gasteiger partial charge in [0.25, 0.3) is 0 Å². The molecule has 4 nitrogen and oxygen atoms in total. The minimum Gasteiger partial charge on any atom is -0.338 e. The summed E-state index contributed by atoms with van der Waals surface area (Å²) in [6.45, 7) is 0. The average molecular weight is 170 g/mol. The molecule has 1 radical (unpaired) electrons. The Bertz CT molecular complexity index is 229. The van der Waals surface area contributed by atoms with Gasteiger partial charge in [-0.05, 0) is 0 Å². The van der Waals surface area contributed by atoms with Crippen molar-refractivity contribution in [3.05, 3.63) is 30.7 Å². The summed E-state index contributed by atoms with van der Waals surface area (Å²) in [4.78, 5) is 7.41. The van der Waals surface area contributed by atoms with Crippen molar-refractivity contribution in [1.29, 1.82) is 0 Å². The number of rotatable bonds is 3. The number of aliphatic hydroxyl groups is 1. The normalized spacial score (nSPS) is 12.5. The van der Waals surface area contributed by atoms with Gasteiger partial charge in [-0.15, -0.1) is 0 Å². The van der Waals surface area contributed by atoms with Crippen LogP contribution < -0.4 is 0 Å². The van der Waals surface area contributed by atoms with Gasteiger partial charge in [-0.25, -0.2) is 9.97 Å². The summed E-state index contributed by atoms with van der Waals surface area (Å²) in [6.07, 6.45) is 5.81. The van der Waals surface area contributed by atoms with Crippen molar-refractivity contribution in [2.24, 2.45) is 0 Å². The zero-order chi connectivity index (χ0) is 8.10. The second-order valence-electron chi connectivity index (χ2n) is 1.83. The molecule has 1 aromatic rings. The molecular formula is C6H6N2O2S+. The molecular weight excluding hydrogens is 164 g/mol. The molecule has 1 heterocycles. The fourth-order valence-electron chi connectivity index (χ4n) is 0.589. The first-order valence-corrected chi connectivity index (χ1v) is 3.70. The van der Waals surface area contributed by atoms with Crippen molar-refractivity contribution in [2.45, 2.75) is 5.44 Å². The Hall–Kier alpha value is -0.940. The second kappa shape index (κ2) is 4.05. The van der Waals surface area contributed by atoms with Crippen LogP contribution >= 0.6 is 0 Å². The molecule has 1 N–H and O–H groups in total. The summed E-state index contributed by atoms with van der Waals surface area (Å²) in [7, 11) is 0. The van der Waals surface area contributed by atoms with Gasteiger partial charge in [0, 0.05) is 22.2 Å². The Morgan fingerprint density at radius 3 is 2.73 bits per heavy atom. The highest BCUT2D eigenvalue weighted by molar-refractivity contribution is 7.66. The van der Waals surface area contributed by atoms with E-state index in [-0.39, 0.29) is 11.7 Å². The maximum absolute atomic E-state index is 10.0. The summed E-state index contributed by atoms with van der Waals surface area (Å²) in [5.41, 5.74) is -0.385. The summed E-state index contributed by atoms with van der Waals surface area (Å²) >= 11 is 0.114. The molecule has 11 heavy (non-hydrogen) atoms. The van der Waals surface area contributed by atoms with Gasteiger partial charge in [-0.1, -0.05) is 0 Å². The van der Waals surface area contributed by atoms with Crippen LogP contribution in [0.5, 0.6) is 0 Å². The van der Waals surface area contributed by atoms with Crippen LogP contribution in [0.4, 0.5) is 0 Å². The lowest BCUT2D eigenvalue weighted by molar-refractivity contribution is 0.292. The van der Waals surface area contributed by atoms with Crippen molar-refractivity contribution >= 4 is 11.7 Å². The maximum atomic E-state index is 10.0. The topological polar surface area (TPSA) is 63.1 Å². The van der Waals surface area contributed by atoms with E-state index in [0.29, 0.717) is 5.56 Å². The van der Waals surface area contributed by atoms with E-state index >= 15 is 0 Å². The SMILES string of the molecule is O=[S+]C(O)[CH]c1cncnc1. The van der Waals surface area contributed by atoms with Crippen LogP contribution in [0, 0.1) is 6.42 Å². The van der Waals surface area contributed by atoms with E-state index < -0.39 is 5.44 Å². The predicted octanol–water partition coefficient (Wildman–Crippen LogP) is -0.225. The second-order valence-corrected chi connectivity index (χ2v) is 2.50. The summed E-state index contributed by atoms with van der Waals surface area (Å²) in [5, 5.41) is 8.85. The van der Waals surface area contributed by atoms with E-state index in [4.69, 9.17) is 5.11 Å². The average Bonchev–Trinajstić information content (AvgIpc) is 2.06. The molecule has 57 valence electrons. The molecule has 1 atom stereocenters. The van der Waals surface area contributed by atoms with E-state index in [0.717, 1.165) is 0 Å². The van der Waals surface area contributed by atoms with Crippen molar-refractivity contribution in [3.8, 4) is 0 Å². The van der Waals surface area contributed by atoms with Crippen LogP contribution in [0.25, 0.3) is 0 Å². The van der Waals surface area contributed by atoms with Gasteiger partial charge in [-0.2, -0.15) is 0 Å². The smallest absolute Gasteiger partial charge is 0.338 e. The first-order valence-electron chi connectivity index (χ1n) is 2.89. The van der Waals surface area contributed by atoms with Gasteiger partial charge in [0.05, 0.1) is 6.42 Å². The van der Waals surface area contributed by atoms with Crippen molar-refractivity contribution in [2.75, 3.05) is 0 Å². The lowest BCUT2D eigenvalue weighted by Crippen LogP contribution is -2.05. The molecule has 0 aliphatic carbocycles. The lowest BCUT2D eigenvalue weighted by Gasteiger charge is -1.91. The quantitative estimate of drug-likeness (QED) is 0.503. The minimum atomic E-state index is -1.03. The fraction of sp³-hybridized carbons (Fsp3) is 0.167. The standard InChI is InChI=1S/C6H6N2O2S/c9-6(11-10)1-5-2-7-4-8-3-5/h1-4,6,9H/q+1.